The van der Waals surface area contributed by atoms with E-state index in [1.165, 1.54) is 12.1 Å². The molecule has 0 aliphatic carbocycles. The molecule has 1 amide bonds. The number of aromatic nitrogens is 2. The summed E-state index contributed by atoms with van der Waals surface area (Å²) in [5, 5.41) is 5.99. The maximum Gasteiger partial charge on any atom is 0.274 e. The van der Waals surface area contributed by atoms with Crippen LogP contribution >= 0.6 is 0 Å². The Bertz CT molecular complexity index is 880. The third-order valence-corrected chi connectivity index (χ3v) is 6.26. The van der Waals surface area contributed by atoms with Crippen LogP contribution in [0, 0.1) is 5.92 Å². The highest BCUT2D eigenvalue weighted by molar-refractivity contribution is 7.91. The van der Waals surface area contributed by atoms with Crippen molar-refractivity contribution < 1.29 is 13.2 Å². The van der Waals surface area contributed by atoms with E-state index in [1.54, 1.807) is 35.2 Å². The molecule has 1 aliphatic heterocycles. The van der Waals surface area contributed by atoms with E-state index in [2.05, 4.69) is 10.2 Å². The first-order valence-corrected chi connectivity index (χ1v) is 9.74. The van der Waals surface area contributed by atoms with Gasteiger partial charge in [-0.2, -0.15) is 5.10 Å². The smallest absolute Gasteiger partial charge is 0.274 e. The average molecular weight is 361 g/mol. The van der Waals surface area contributed by atoms with Crippen molar-refractivity contribution in [1.29, 1.82) is 0 Å². The fourth-order valence-electron chi connectivity index (χ4n) is 2.96. The minimum atomic E-state index is -3.31. The van der Waals surface area contributed by atoms with Gasteiger partial charge < -0.3 is 4.90 Å². The number of sulfone groups is 1. The third-order valence-electron chi connectivity index (χ3n) is 4.36. The number of hydrogen-bond acceptors (Lipinski definition) is 5. The lowest BCUT2D eigenvalue weighted by Crippen LogP contribution is -2.40. The topological polar surface area (TPSA) is 100 Å². The minimum Gasteiger partial charge on any atom is -0.337 e. The zero-order chi connectivity index (χ0) is 17.9. The van der Waals surface area contributed by atoms with Crippen molar-refractivity contribution in [2.75, 3.05) is 18.8 Å². The Labute approximate surface area is 145 Å². The number of likely N-dealkylation sites (tertiary alicyclic amines) is 1. The lowest BCUT2D eigenvalue weighted by atomic mass is 9.99. The molecule has 0 saturated carbocycles. The predicted octanol–water partition coefficient (Wildman–Crippen LogP) is 1.10. The van der Waals surface area contributed by atoms with Crippen LogP contribution in [0.15, 0.2) is 52.2 Å². The van der Waals surface area contributed by atoms with E-state index < -0.39 is 9.84 Å². The van der Waals surface area contributed by atoms with Crippen LogP contribution in [0.1, 0.15) is 23.3 Å². The maximum atomic E-state index is 12.4. The standard InChI is InChI=1S/C17H19N3O4S/c21-16-7-6-15(18-19-16)17(22)20-10-8-13(9-11-20)12-25(23,24)14-4-2-1-3-5-14/h1-7,13H,8-12H2,(H,19,21). The molecule has 1 aromatic heterocycles. The van der Waals surface area contributed by atoms with Gasteiger partial charge in [-0.15, -0.1) is 0 Å². The maximum absolute atomic E-state index is 12.4. The Morgan fingerprint density at radius 3 is 2.40 bits per heavy atom. The van der Waals surface area contributed by atoms with Crippen molar-refractivity contribution in [1.82, 2.24) is 15.1 Å². The van der Waals surface area contributed by atoms with Crippen molar-refractivity contribution >= 4 is 15.7 Å². The van der Waals surface area contributed by atoms with Gasteiger partial charge in [-0.3, -0.25) is 9.59 Å². The molecule has 2 aromatic rings. The molecule has 0 atom stereocenters. The summed E-state index contributed by atoms with van der Waals surface area (Å²) in [6.45, 7) is 0.962. The summed E-state index contributed by atoms with van der Waals surface area (Å²) in [6, 6.07) is 11.1. The highest BCUT2D eigenvalue weighted by Crippen LogP contribution is 2.23. The zero-order valence-corrected chi connectivity index (χ0v) is 14.4. The largest absolute Gasteiger partial charge is 0.337 e. The Hall–Kier alpha value is -2.48. The third kappa shape index (κ3) is 4.14. The lowest BCUT2D eigenvalue weighted by Gasteiger charge is -2.31. The second-order valence-electron chi connectivity index (χ2n) is 6.14. The highest BCUT2D eigenvalue weighted by atomic mass is 32.2. The van der Waals surface area contributed by atoms with Gasteiger partial charge in [0.15, 0.2) is 9.84 Å². The van der Waals surface area contributed by atoms with Crippen LogP contribution in [0.5, 0.6) is 0 Å². The minimum absolute atomic E-state index is 0.0257. The average Bonchev–Trinajstić information content (AvgIpc) is 2.63. The molecule has 1 aromatic carbocycles. The first-order valence-electron chi connectivity index (χ1n) is 8.08. The molecule has 0 spiro atoms. The van der Waals surface area contributed by atoms with Crippen LogP contribution in [0.2, 0.25) is 0 Å². The van der Waals surface area contributed by atoms with Gasteiger partial charge in [-0.25, -0.2) is 13.5 Å². The molecule has 3 rings (SSSR count). The lowest BCUT2D eigenvalue weighted by molar-refractivity contribution is 0.0691. The van der Waals surface area contributed by atoms with E-state index in [0.29, 0.717) is 30.8 Å². The molecule has 0 radical (unpaired) electrons. The molecule has 0 bridgehead atoms. The molecule has 132 valence electrons. The second kappa shape index (κ2) is 7.18. The number of rotatable bonds is 4. The molecular weight excluding hydrogens is 342 g/mol. The van der Waals surface area contributed by atoms with Gasteiger partial charge in [0.2, 0.25) is 0 Å². The summed E-state index contributed by atoms with van der Waals surface area (Å²) < 4.78 is 24.9. The highest BCUT2D eigenvalue weighted by Gasteiger charge is 2.28. The van der Waals surface area contributed by atoms with E-state index in [0.717, 1.165) is 0 Å². The molecule has 25 heavy (non-hydrogen) atoms. The van der Waals surface area contributed by atoms with Gasteiger partial charge in [-0.05, 0) is 37.0 Å². The number of nitrogens with zero attached hydrogens (tertiary/aromatic N) is 2. The van der Waals surface area contributed by atoms with Crippen LogP contribution in [0.25, 0.3) is 0 Å². The van der Waals surface area contributed by atoms with Gasteiger partial charge in [0, 0.05) is 19.2 Å². The SMILES string of the molecule is O=C(c1ccc(=O)[nH]n1)N1CCC(CS(=O)(=O)c2ccccc2)CC1. The zero-order valence-electron chi connectivity index (χ0n) is 13.6. The normalized spacial score (nSPS) is 15.9. The van der Waals surface area contributed by atoms with Gasteiger partial charge in [-0.1, -0.05) is 18.2 Å². The summed E-state index contributed by atoms with van der Waals surface area (Å²) in [6.07, 6.45) is 1.25. The molecule has 2 heterocycles. The number of carbonyl (C=O) groups is 1. The van der Waals surface area contributed by atoms with E-state index in [-0.39, 0.29) is 28.8 Å². The summed E-state index contributed by atoms with van der Waals surface area (Å²) in [5.74, 6) is -0.130. The summed E-state index contributed by atoms with van der Waals surface area (Å²) in [4.78, 5) is 25.3. The quantitative estimate of drug-likeness (QED) is 0.879. The van der Waals surface area contributed by atoms with Crippen LogP contribution < -0.4 is 5.56 Å². The van der Waals surface area contributed by atoms with Gasteiger partial charge in [0.1, 0.15) is 5.69 Å². The van der Waals surface area contributed by atoms with Crippen LogP contribution in [0.3, 0.4) is 0 Å². The van der Waals surface area contributed by atoms with Crippen molar-refractivity contribution in [3.05, 3.63) is 58.5 Å². The Kier molecular flexibility index (Phi) is 4.98. The first kappa shape index (κ1) is 17.3. The second-order valence-corrected chi connectivity index (χ2v) is 8.17. The number of carbonyl (C=O) groups excluding carboxylic acids is 1. The molecule has 7 nitrogen and oxygen atoms in total. The number of hydrogen-bond donors (Lipinski definition) is 1. The van der Waals surface area contributed by atoms with Gasteiger partial charge in [0.05, 0.1) is 10.6 Å². The van der Waals surface area contributed by atoms with Crippen molar-refractivity contribution in [3.63, 3.8) is 0 Å². The van der Waals surface area contributed by atoms with Crippen LogP contribution in [-0.4, -0.2) is 48.3 Å². The fourth-order valence-corrected chi connectivity index (χ4v) is 4.68. The fraction of sp³-hybridized carbons (Fsp3) is 0.353. The number of piperidine rings is 1. The molecule has 8 heteroatoms. The monoisotopic (exact) mass is 361 g/mol. The van der Waals surface area contributed by atoms with E-state index in [9.17, 15) is 18.0 Å². The molecule has 1 N–H and O–H groups in total. The van der Waals surface area contributed by atoms with E-state index >= 15 is 0 Å². The molecule has 1 saturated heterocycles. The van der Waals surface area contributed by atoms with Crippen molar-refractivity contribution in [2.24, 2.45) is 5.92 Å². The van der Waals surface area contributed by atoms with E-state index in [4.69, 9.17) is 0 Å². The van der Waals surface area contributed by atoms with Crippen molar-refractivity contribution in [3.8, 4) is 0 Å². The Balaban J connectivity index is 1.59. The number of aromatic amines is 1. The van der Waals surface area contributed by atoms with Gasteiger partial charge >= 0.3 is 0 Å². The van der Waals surface area contributed by atoms with E-state index in [1.807, 2.05) is 0 Å². The Morgan fingerprint density at radius 2 is 1.80 bits per heavy atom. The molecule has 0 unspecified atom stereocenters. The number of H-pyrrole nitrogens is 1. The Morgan fingerprint density at radius 1 is 1.12 bits per heavy atom. The molecule has 1 aliphatic rings. The number of amides is 1. The number of benzene rings is 1. The number of nitrogens with one attached hydrogen (secondary N) is 1. The summed E-state index contributed by atoms with van der Waals surface area (Å²) in [5.41, 5.74) is -0.170. The molecule has 1 fully saturated rings. The van der Waals surface area contributed by atoms with Crippen LogP contribution in [-0.2, 0) is 9.84 Å². The molecular formula is C17H19N3O4S. The summed E-state index contributed by atoms with van der Waals surface area (Å²) >= 11 is 0. The predicted molar refractivity (Wildman–Crippen MR) is 92.0 cm³/mol. The first-order chi connectivity index (χ1) is 12.0. The summed E-state index contributed by atoms with van der Waals surface area (Å²) in [7, 11) is -3.31. The van der Waals surface area contributed by atoms with Gasteiger partial charge in [0.25, 0.3) is 11.5 Å². The van der Waals surface area contributed by atoms with Crippen LogP contribution in [0.4, 0.5) is 0 Å². The van der Waals surface area contributed by atoms with Crippen molar-refractivity contribution in [2.45, 2.75) is 17.7 Å².